The minimum absolute atomic E-state index is 0.0744. The first kappa shape index (κ1) is 24.8. The average Bonchev–Trinajstić information content (AvgIpc) is 3.32. The van der Waals surface area contributed by atoms with Gasteiger partial charge in [0, 0.05) is 17.3 Å². The monoisotopic (exact) mass is 464 g/mol. The third-order valence-electron chi connectivity index (χ3n) is 7.35. The lowest BCUT2D eigenvalue weighted by molar-refractivity contribution is -0.155. The van der Waals surface area contributed by atoms with Gasteiger partial charge < -0.3 is 19.6 Å². The minimum Gasteiger partial charge on any atom is -0.461 e. The van der Waals surface area contributed by atoms with Crippen molar-refractivity contribution in [2.24, 2.45) is 11.8 Å². The quantitative estimate of drug-likeness (QED) is 0.395. The normalized spacial score (nSPS) is 33.9. The summed E-state index contributed by atoms with van der Waals surface area (Å²) >= 11 is 1.61. The van der Waals surface area contributed by atoms with Gasteiger partial charge >= 0.3 is 5.97 Å². The lowest BCUT2D eigenvalue weighted by Crippen LogP contribution is -2.58. The molecule has 0 aromatic carbocycles. The van der Waals surface area contributed by atoms with E-state index >= 15 is 0 Å². The van der Waals surface area contributed by atoms with Gasteiger partial charge in [-0.25, -0.2) is 0 Å². The van der Waals surface area contributed by atoms with Crippen LogP contribution in [-0.2, 0) is 19.1 Å². The molecule has 2 amide bonds. The molecule has 178 valence electrons. The van der Waals surface area contributed by atoms with Crippen molar-refractivity contribution < 1.29 is 24.2 Å². The van der Waals surface area contributed by atoms with E-state index in [1.165, 1.54) is 6.08 Å². The molecule has 0 radical (unpaired) electrons. The number of carbonyl (C=O) groups excluding carboxylic acids is 3. The summed E-state index contributed by atoms with van der Waals surface area (Å²) in [7, 11) is 0. The first-order valence-electron chi connectivity index (χ1n) is 11.5. The molecule has 3 aliphatic heterocycles. The topological polar surface area (TPSA) is 87.1 Å². The van der Waals surface area contributed by atoms with Gasteiger partial charge in [0.2, 0.25) is 11.8 Å². The summed E-state index contributed by atoms with van der Waals surface area (Å²) in [5.41, 5.74) is 0. The lowest BCUT2D eigenvalue weighted by Gasteiger charge is -2.40. The van der Waals surface area contributed by atoms with Crippen LogP contribution in [0.15, 0.2) is 25.3 Å². The average molecular weight is 465 g/mol. The Kier molecular flexibility index (Phi) is 7.15. The molecule has 0 aliphatic carbocycles. The molecule has 7 nitrogen and oxygen atoms in total. The molecular formula is C24H36N2O5S. The van der Waals surface area contributed by atoms with Crippen LogP contribution in [0.3, 0.4) is 0 Å². The van der Waals surface area contributed by atoms with E-state index in [0.717, 1.165) is 6.42 Å². The molecule has 32 heavy (non-hydrogen) atoms. The number of esters is 1. The van der Waals surface area contributed by atoms with Crippen molar-refractivity contribution in [2.45, 2.75) is 74.6 Å². The van der Waals surface area contributed by atoms with Gasteiger partial charge in [-0.05, 0) is 40.0 Å². The zero-order chi connectivity index (χ0) is 23.8. The molecule has 1 N–H and O–H groups in total. The van der Waals surface area contributed by atoms with Crippen LogP contribution in [0.5, 0.6) is 0 Å². The smallest absolute Gasteiger partial charge is 0.311 e. The lowest BCUT2D eigenvalue weighted by atomic mass is 9.66. The summed E-state index contributed by atoms with van der Waals surface area (Å²) < 4.78 is 4.24. The molecule has 3 heterocycles. The highest BCUT2D eigenvalue weighted by molar-refractivity contribution is 8.02. The maximum Gasteiger partial charge on any atom is 0.311 e. The molecular weight excluding hydrogens is 428 g/mol. The van der Waals surface area contributed by atoms with E-state index in [1.807, 2.05) is 27.7 Å². The first-order chi connectivity index (χ1) is 15.1. The highest BCUT2D eigenvalue weighted by atomic mass is 32.2. The summed E-state index contributed by atoms with van der Waals surface area (Å²) in [4.78, 5) is 44.4. The summed E-state index contributed by atoms with van der Waals surface area (Å²) in [6.07, 6.45) is 5.12. The van der Waals surface area contributed by atoms with Crippen LogP contribution in [-0.4, -0.2) is 80.1 Å². The summed E-state index contributed by atoms with van der Waals surface area (Å²) in [6, 6.07) is -1.29. The first-order valence-corrected chi connectivity index (χ1v) is 12.3. The molecule has 2 unspecified atom stereocenters. The molecule has 0 aromatic rings. The summed E-state index contributed by atoms with van der Waals surface area (Å²) in [5, 5.41) is 10.1. The second kappa shape index (κ2) is 9.21. The van der Waals surface area contributed by atoms with Crippen LogP contribution < -0.4 is 0 Å². The Hall–Kier alpha value is -1.80. The fourth-order valence-corrected chi connectivity index (χ4v) is 8.22. The molecule has 3 saturated heterocycles. The molecule has 0 saturated carbocycles. The predicted octanol–water partition coefficient (Wildman–Crippen LogP) is 2.39. The van der Waals surface area contributed by atoms with E-state index in [9.17, 15) is 19.5 Å². The number of rotatable bonds is 10. The SMILES string of the molecule is C=CCOC(=O)[C@@H]1[C@H]2C(=O)N([C@@H](CC)CO)C(C(=O)N(CC=C)C(C)C)C23CC[C@@]1(C)S3. The fourth-order valence-electron chi connectivity index (χ4n) is 5.89. The second-order valence-corrected chi connectivity index (χ2v) is 11.4. The highest BCUT2D eigenvalue weighted by Gasteiger charge is 2.78. The number of likely N-dealkylation sites (tertiary alicyclic amines) is 1. The Labute approximate surface area is 195 Å². The maximum absolute atomic E-state index is 14.0. The second-order valence-electron chi connectivity index (χ2n) is 9.51. The number of ether oxygens (including phenoxy) is 1. The zero-order valence-electron chi connectivity index (χ0n) is 19.6. The van der Waals surface area contributed by atoms with Crippen LogP contribution in [0.2, 0.25) is 0 Å². The summed E-state index contributed by atoms with van der Waals surface area (Å²) in [5.74, 6) is -2.03. The molecule has 8 heteroatoms. The number of hydrogen-bond acceptors (Lipinski definition) is 6. The van der Waals surface area contributed by atoms with E-state index in [2.05, 4.69) is 13.2 Å². The molecule has 3 fully saturated rings. The van der Waals surface area contributed by atoms with Gasteiger partial charge in [0.15, 0.2) is 0 Å². The Balaban J connectivity index is 2.12. The van der Waals surface area contributed by atoms with Crippen LogP contribution in [0.4, 0.5) is 0 Å². The molecule has 6 atom stereocenters. The van der Waals surface area contributed by atoms with E-state index < -0.39 is 39.4 Å². The van der Waals surface area contributed by atoms with Gasteiger partial charge in [0.25, 0.3) is 0 Å². The van der Waals surface area contributed by atoms with Crippen LogP contribution in [0, 0.1) is 11.8 Å². The van der Waals surface area contributed by atoms with Crippen molar-refractivity contribution in [2.75, 3.05) is 19.8 Å². The van der Waals surface area contributed by atoms with Crippen molar-refractivity contribution in [3.05, 3.63) is 25.3 Å². The largest absolute Gasteiger partial charge is 0.461 e. The number of nitrogens with zero attached hydrogens (tertiary/aromatic N) is 2. The third kappa shape index (κ3) is 3.59. The van der Waals surface area contributed by atoms with Crippen molar-refractivity contribution in [3.8, 4) is 0 Å². The van der Waals surface area contributed by atoms with E-state index in [0.29, 0.717) is 19.4 Å². The fraction of sp³-hybridized carbons (Fsp3) is 0.708. The van der Waals surface area contributed by atoms with Gasteiger partial charge in [0.05, 0.1) is 29.2 Å². The van der Waals surface area contributed by atoms with Crippen molar-refractivity contribution >= 4 is 29.5 Å². The van der Waals surface area contributed by atoms with E-state index in [-0.39, 0.29) is 31.1 Å². The summed E-state index contributed by atoms with van der Waals surface area (Å²) in [6.45, 7) is 15.4. The standard InChI is InChI=1S/C24H36N2O5S/c1-7-12-25(15(4)5)21(29)19-24-11-10-23(6,32-24)18(22(30)31-13-8-2)17(24)20(28)26(19)16(9-3)14-27/h7-8,15-19,27H,1-2,9-14H2,3-6H3/t16-,17-,18-,19?,23+,24?/m0/s1. The predicted molar refractivity (Wildman–Crippen MR) is 125 cm³/mol. The zero-order valence-corrected chi connectivity index (χ0v) is 20.4. The van der Waals surface area contributed by atoms with Crippen LogP contribution in [0.1, 0.15) is 47.0 Å². The van der Waals surface area contributed by atoms with Gasteiger partial charge in [-0.1, -0.05) is 25.7 Å². The number of fused-ring (bicyclic) bond motifs is 1. The van der Waals surface area contributed by atoms with Crippen molar-refractivity contribution in [1.29, 1.82) is 0 Å². The van der Waals surface area contributed by atoms with Gasteiger partial charge in [-0.2, -0.15) is 0 Å². The molecule has 3 aliphatic rings. The van der Waals surface area contributed by atoms with E-state index in [1.54, 1.807) is 27.6 Å². The number of hydrogen-bond donors (Lipinski definition) is 1. The van der Waals surface area contributed by atoms with Crippen LogP contribution >= 0.6 is 11.8 Å². The Morgan fingerprint density at radius 1 is 1.34 bits per heavy atom. The van der Waals surface area contributed by atoms with E-state index in [4.69, 9.17) is 4.74 Å². The molecule has 2 bridgehead atoms. The Bertz CT molecular complexity index is 797. The number of amides is 2. The minimum atomic E-state index is -0.733. The van der Waals surface area contributed by atoms with Crippen molar-refractivity contribution in [1.82, 2.24) is 9.80 Å². The van der Waals surface area contributed by atoms with Gasteiger partial charge in [-0.15, -0.1) is 18.3 Å². The Morgan fingerprint density at radius 3 is 2.56 bits per heavy atom. The Morgan fingerprint density at radius 2 is 2.03 bits per heavy atom. The molecule has 1 spiro atoms. The number of aliphatic hydroxyl groups is 1. The van der Waals surface area contributed by atoms with Gasteiger partial charge in [-0.3, -0.25) is 14.4 Å². The number of aliphatic hydroxyl groups excluding tert-OH is 1. The number of carbonyl (C=O) groups is 3. The van der Waals surface area contributed by atoms with Crippen molar-refractivity contribution in [3.63, 3.8) is 0 Å². The van der Waals surface area contributed by atoms with Crippen LogP contribution in [0.25, 0.3) is 0 Å². The third-order valence-corrected chi connectivity index (χ3v) is 9.34. The van der Waals surface area contributed by atoms with Gasteiger partial charge in [0.1, 0.15) is 12.6 Å². The molecule has 3 rings (SSSR count). The highest BCUT2D eigenvalue weighted by Crippen LogP contribution is 2.71. The molecule has 0 aromatic heterocycles. The maximum atomic E-state index is 14.0. The number of thioether (sulfide) groups is 1.